The maximum absolute atomic E-state index is 13.6. The number of fused-ring (bicyclic) bond motifs is 1. The Morgan fingerprint density at radius 1 is 1.30 bits per heavy atom. The zero-order chi connectivity index (χ0) is 19.6. The molecule has 1 heterocycles. The van der Waals surface area contributed by atoms with Gasteiger partial charge in [-0.1, -0.05) is 18.2 Å². The molecular weight excluding hydrogens is 366 g/mol. The van der Waals surface area contributed by atoms with Crippen LogP contribution in [-0.4, -0.2) is 25.7 Å². The molecule has 0 radical (unpaired) electrons. The summed E-state index contributed by atoms with van der Waals surface area (Å²) in [6, 6.07) is 9.42. The highest BCUT2D eigenvalue weighted by Gasteiger charge is 2.33. The fourth-order valence-corrected chi connectivity index (χ4v) is 2.93. The van der Waals surface area contributed by atoms with E-state index in [1.165, 1.54) is 7.11 Å². The van der Waals surface area contributed by atoms with Gasteiger partial charge in [-0.25, -0.2) is 4.39 Å². The average molecular weight is 383 g/mol. The molecule has 1 N–H and O–H groups in total. The lowest BCUT2D eigenvalue weighted by Crippen LogP contribution is -2.39. The quantitative estimate of drug-likeness (QED) is 0.802. The number of ether oxygens (including phenoxy) is 2. The van der Waals surface area contributed by atoms with E-state index in [0.29, 0.717) is 18.2 Å². The summed E-state index contributed by atoms with van der Waals surface area (Å²) in [4.78, 5) is 12.3. The first-order valence-corrected chi connectivity index (χ1v) is 8.20. The summed E-state index contributed by atoms with van der Waals surface area (Å²) in [6.07, 6.45) is -5.94. The molecule has 2 aromatic rings. The van der Waals surface area contributed by atoms with Crippen LogP contribution in [0.25, 0.3) is 0 Å². The number of para-hydroxylation sites is 1. The van der Waals surface area contributed by atoms with Crippen molar-refractivity contribution < 1.29 is 31.8 Å². The molecule has 0 saturated carbocycles. The molecule has 0 aliphatic carbocycles. The Morgan fingerprint density at radius 3 is 2.70 bits per heavy atom. The fourth-order valence-electron chi connectivity index (χ4n) is 2.93. The lowest BCUT2D eigenvalue weighted by atomic mass is 10.0. The zero-order valence-electron chi connectivity index (χ0n) is 14.3. The predicted octanol–water partition coefficient (Wildman–Crippen LogP) is 3.65. The SMILES string of the molecule is COC(CNC(=O)C1Cc2ccccc2O1)c1cc(F)cc(C(F)(F)F)c1. The number of nitrogens with one attached hydrogen (secondary N) is 1. The average Bonchev–Trinajstić information content (AvgIpc) is 3.05. The minimum atomic E-state index is -4.68. The number of carbonyl (C=O) groups is 1. The molecule has 2 unspecified atom stereocenters. The molecule has 0 bridgehead atoms. The predicted molar refractivity (Wildman–Crippen MR) is 88.7 cm³/mol. The second-order valence-electron chi connectivity index (χ2n) is 6.16. The number of amides is 1. The van der Waals surface area contributed by atoms with Gasteiger partial charge in [0.05, 0.1) is 11.7 Å². The van der Waals surface area contributed by atoms with Crippen molar-refractivity contribution in [2.24, 2.45) is 0 Å². The summed E-state index contributed by atoms with van der Waals surface area (Å²) < 4.78 is 62.9. The van der Waals surface area contributed by atoms with Crippen LogP contribution in [0.3, 0.4) is 0 Å². The number of rotatable bonds is 5. The van der Waals surface area contributed by atoms with Crippen LogP contribution in [0.5, 0.6) is 5.75 Å². The second-order valence-corrected chi connectivity index (χ2v) is 6.16. The van der Waals surface area contributed by atoms with E-state index in [1.54, 1.807) is 12.1 Å². The van der Waals surface area contributed by atoms with Crippen LogP contribution in [-0.2, 0) is 22.1 Å². The number of alkyl halides is 3. The van der Waals surface area contributed by atoms with E-state index in [4.69, 9.17) is 9.47 Å². The molecule has 8 heteroatoms. The highest BCUT2D eigenvalue weighted by molar-refractivity contribution is 5.82. The van der Waals surface area contributed by atoms with Gasteiger partial charge in [0.1, 0.15) is 11.6 Å². The molecule has 1 aliphatic heterocycles. The largest absolute Gasteiger partial charge is 0.480 e. The van der Waals surface area contributed by atoms with Gasteiger partial charge < -0.3 is 14.8 Å². The normalized spacial score (nSPS) is 17.1. The first kappa shape index (κ1) is 19.2. The second kappa shape index (κ2) is 7.56. The smallest absolute Gasteiger partial charge is 0.416 e. The molecule has 144 valence electrons. The third-order valence-corrected chi connectivity index (χ3v) is 4.31. The first-order valence-electron chi connectivity index (χ1n) is 8.20. The highest BCUT2D eigenvalue weighted by Crippen LogP contribution is 2.32. The highest BCUT2D eigenvalue weighted by atomic mass is 19.4. The Morgan fingerprint density at radius 2 is 2.04 bits per heavy atom. The van der Waals surface area contributed by atoms with Crippen molar-refractivity contribution in [2.75, 3.05) is 13.7 Å². The Bertz CT molecular complexity index is 813. The molecule has 0 fully saturated rings. The molecule has 27 heavy (non-hydrogen) atoms. The number of benzene rings is 2. The van der Waals surface area contributed by atoms with E-state index in [1.807, 2.05) is 12.1 Å². The number of hydrogen-bond acceptors (Lipinski definition) is 3. The number of carbonyl (C=O) groups excluding carboxylic acids is 1. The van der Waals surface area contributed by atoms with Crippen LogP contribution in [0.2, 0.25) is 0 Å². The van der Waals surface area contributed by atoms with Crippen LogP contribution in [0.4, 0.5) is 17.6 Å². The van der Waals surface area contributed by atoms with Crippen molar-refractivity contribution in [3.63, 3.8) is 0 Å². The van der Waals surface area contributed by atoms with E-state index >= 15 is 0 Å². The van der Waals surface area contributed by atoms with Gasteiger partial charge in [-0.3, -0.25) is 4.79 Å². The molecule has 4 nitrogen and oxygen atoms in total. The van der Waals surface area contributed by atoms with Gasteiger partial charge in [0.2, 0.25) is 0 Å². The fraction of sp³-hybridized carbons (Fsp3) is 0.316. The number of halogens is 4. The summed E-state index contributed by atoms with van der Waals surface area (Å²) >= 11 is 0. The molecule has 2 aromatic carbocycles. The zero-order valence-corrected chi connectivity index (χ0v) is 14.3. The third kappa shape index (κ3) is 4.39. The van der Waals surface area contributed by atoms with Gasteiger partial charge >= 0.3 is 6.18 Å². The summed E-state index contributed by atoms with van der Waals surface area (Å²) in [5.41, 5.74) is -0.220. The van der Waals surface area contributed by atoms with Crippen molar-refractivity contribution in [3.8, 4) is 5.75 Å². The van der Waals surface area contributed by atoms with Crippen LogP contribution in [0.1, 0.15) is 22.8 Å². The lowest BCUT2D eigenvalue weighted by molar-refractivity contribution is -0.138. The van der Waals surface area contributed by atoms with Crippen molar-refractivity contribution in [3.05, 3.63) is 65.0 Å². The maximum atomic E-state index is 13.6. The van der Waals surface area contributed by atoms with E-state index < -0.39 is 35.7 Å². The molecule has 0 spiro atoms. The Balaban J connectivity index is 1.66. The lowest BCUT2D eigenvalue weighted by Gasteiger charge is -2.19. The molecular formula is C19H17F4NO3. The molecule has 1 amide bonds. The molecule has 2 atom stereocenters. The van der Waals surface area contributed by atoms with E-state index in [9.17, 15) is 22.4 Å². The van der Waals surface area contributed by atoms with E-state index in [-0.39, 0.29) is 12.1 Å². The van der Waals surface area contributed by atoms with Crippen molar-refractivity contribution in [1.82, 2.24) is 5.32 Å². The van der Waals surface area contributed by atoms with Crippen LogP contribution in [0.15, 0.2) is 42.5 Å². The van der Waals surface area contributed by atoms with E-state index in [2.05, 4.69) is 5.32 Å². The molecule has 3 rings (SSSR count). The first-order chi connectivity index (χ1) is 12.8. The molecule has 0 aromatic heterocycles. The molecule has 0 saturated heterocycles. The van der Waals surface area contributed by atoms with Gasteiger partial charge in [0.15, 0.2) is 6.10 Å². The minimum Gasteiger partial charge on any atom is -0.480 e. The molecule has 1 aliphatic rings. The third-order valence-electron chi connectivity index (χ3n) is 4.31. The minimum absolute atomic E-state index is 0.0132. The van der Waals surface area contributed by atoms with Crippen molar-refractivity contribution >= 4 is 5.91 Å². The summed E-state index contributed by atoms with van der Waals surface area (Å²) in [5.74, 6) is -0.815. The van der Waals surface area contributed by atoms with E-state index in [0.717, 1.165) is 17.7 Å². The maximum Gasteiger partial charge on any atom is 0.416 e. The number of methoxy groups -OCH3 is 1. The Labute approximate surface area is 153 Å². The van der Waals surface area contributed by atoms with Gasteiger partial charge in [-0.05, 0) is 35.4 Å². The van der Waals surface area contributed by atoms with Gasteiger partial charge in [0.25, 0.3) is 5.91 Å². The van der Waals surface area contributed by atoms with Crippen molar-refractivity contribution in [2.45, 2.75) is 24.8 Å². The van der Waals surface area contributed by atoms with Crippen LogP contribution >= 0.6 is 0 Å². The summed E-state index contributed by atoms with van der Waals surface area (Å²) in [6.45, 7) is -0.119. The van der Waals surface area contributed by atoms with Gasteiger partial charge in [0, 0.05) is 20.1 Å². The monoisotopic (exact) mass is 383 g/mol. The van der Waals surface area contributed by atoms with Crippen LogP contribution < -0.4 is 10.1 Å². The summed E-state index contributed by atoms with van der Waals surface area (Å²) in [5, 5.41) is 2.59. The van der Waals surface area contributed by atoms with Gasteiger partial charge in [-0.2, -0.15) is 13.2 Å². The van der Waals surface area contributed by atoms with Crippen molar-refractivity contribution in [1.29, 1.82) is 0 Å². The standard InChI is InChI=1S/C19H17F4NO3/c1-26-17(12-6-13(19(21,22)23)9-14(20)7-12)10-24-18(25)16-8-11-4-2-3-5-15(11)27-16/h2-7,9,16-17H,8,10H2,1H3,(H,24,25). The topological polar surface area (TPSA) is 47.6 Å². The Kier molecular flexibility index (Phi) is 5.36. The Hall–Kier alpha value is -2.61. The van der Waals surface area contributed by atoms with Gasteiger partial charge in [-0.15, -0.1) is 0 Å². The van der Waals surface area contributed by atoms with Crippen LogP contribution in [0, 0.1) is 5.82 Å². The summed E-state index contributed by atoms with van der Waals surface area (Å²) in [7, 11) is 1.27. The number of hydrogen-bond donors (Lipinski definition) is 1.